The topological polar surface area (TPSA) is 33.1 Å². The van der Waals surface area contributed by atoms with Gasteiger partial charge in [-0.3, -0.25) is 0 Å². The number of nitrogens with zero attached hydrogens (tertiary/aromatic N) is 1. The molecule has 1 heterocycles. The second kappa shape index (κ2) is 4.31. The zero-order valence-electron chi connectivity index (χ0n) is 8.20. The molecule has 0 atom stereocenters. The van der Waals surface area contributed by atoms with Crippen molar-refractivity contribution in [3.63, 3.8) is 0 Å². The first-order valence-electron chi connectivity index (χ1n) is 4.54. The Morgan fingerprint density at radius 2 is 2.00 bits per heavy atom. The highest BCUT2D eigenvalue weighted by molar-refractivity contribution is 7.15. The minimum Gasteiger partial charge on any atom is -0.389 e. The van der Waals surface area contributed by atoms with Gasteiger partial charge in [0, 0.05) is 5.02 Å². The van der Waals surface area contributed by atoms with Crippen LogP contribution in [0.5, 0.6) is 0 Å². The highest BCUT2D eigenvalue weighted by Gasteiger charge is 2.08. The fourth-order valence-corrected chi connectivity index (χ4v) is 2.45. The SMILES string of the molecule is Cc1nc(CO)sc1-c1ccc(Cl)cc1. The van der Waals surface area contributed by atoms with Crippen LogP contribution in [0.4, 0.5) is 0 Å². The van der Waals surface area contributed by atoms with Gasteiger partial charge in [0.1, 0.15) is 5.01 Å². The molecule has 0 aliphatic rings. The largest absolute Gasteiger partial charge is 0.389 e. The fraction of sp³-hybridized carbons (Fsp3) is 0.182. The maximum atomic E-state index is 8.99. The predicted molar refractivity (Wildman–Crippen MR) is 63.2 cm³/mol. The second-order valence-corrected chi connectivity index (χ2v) is 4.71. The van der Waals surface area contributed by atoms with Crippen molar-refractivity contribution in [1.29, 1.82) is 0 Å². The van der Waals surface area contributed by atoms with Gasteiger partial charge in [-0.1, -0.05) is 23.7 Å². The van der Waals surface area contributed by atoms with E-state index in [-0.39, 0.29) is 6.61 Å². The highest BCUT2D eigenvalue weighted by atomic mass is 35.5. The molecule has 15 heavy (non-hydrogen) atoms. The van der Waals surface area contributed by atoms with E-state index in [9.17, 15) is 0 Å². The van der Waals surface area contributed by atoms with Crippen LogP contribution in [-0.4, -0.2) is 10.1 Å². The Hall–Kier alpha value is -0.900. The number of rotatable bonds is 2. The lowest BCUT2D eigenvalue weighted by Gasteiger charge is -1.97. The van der Waals surface area contributed by atoms with E-state index in [0.29, 0.717) is 0 Å². The molecule has 0 bridgehead atoms. The van der Waals surface area contributed by atoms with Crippen LogP contribution in [0.15, 0.2) is 24.3 Å². The summed E-state index contributed by atoms with van der Waals surface area (Å²) in [4.78, 5) is 5.36. The molecule has 0 spiro atoms. The van der Waals surface area contributed by atoms with Gasteiger partial charge in [-0.2, -0.15) is 0 Å². The molecular formula is C11H10ClNOS. The van der Waals surface area contributed by atoms with Gasteiger partial charge in [-0.15, -0.1) is 11.3 Å². The fourth-order valence-electron chi connectivity index (χ4n) is 1.39. The molecule has 0 fully saturated rings. The molecule has 0 saturated carbocycles. The van der Waals surface area contributed by atoms with Crippen molar-refractivity contribution in [2.24, 2.45) is 0 Å². The number of hydrogen-bond donors (Lipinski definition) is 1. The Morgan fingerprint density at radius 1 is 1.33 bits per heavy atom. The molecule has 0 aliphatic heterocycles. The number of aryl methyl sites for hydroxylation is 1. The third-order valence-electron chi connectivity index (χ3n) is 2.08. The Bertz CT molecular complexity index is 464. The van der Waals surface area contributed by atoms with Gasteiger partial charge >= 0.3 is 0 Å². The zero-order chi connectivity index (χ0) is 10.8. The monoisotopic (exact) mass is 239 g/mol. The molecule has 1 N–H and O–H groups in total. The van der Waals surface area contributed by atoms with Crippen molar-refractivity contribution in [2.45, 2.75) is 13.5 Å². The number of halogens is 1. The Labute approximate surface area is 97.2 Å². The zero-order valence-corrected chi connectivity index (χ0v) is 9.77. The lowest BCUT2D eigenvalue weighted by atomic mass is 10.2. The number of benzene rings is 1. The van der Waals surface area contributed by atoms with Crippen molar-refractivity contribution in [1.82, 2.24) is 4.98 Å². The van der Waals surface area contributed by atoms with Crippen molar-refractivity contribution >= 4 is 22.9 Å². The summed E-state index contributed by atoms with van der Waals surface area (Å²) in [5.41, 5.74) is 2.04. The van der Waals surface area contributed by atoms with Crippen LogP contribution in [-0.2, 0) is 6.61 Å². The van der Waals surface area contributed by atoms with Gasteiger partial charge in [0.05, 0.1) is 17.2 Å². The first kappa shape index (κ1) is 10.6. The maximum absolute atomic E-state index is 8.99. The predicted octanol–water partition coefficient (Wildman–Crippen LogP) is 3.26. The maximum Gasteiger partial charge on any atom is 0.119 e. The van der Waals surface area contributed by atoms with Crippen molar-refractivity contribution in [2.75, 3.05) is 0 Å². The number of aliphatic hydroxyl groups excluding tert-OH is 1. The van der Waals surface area contributed by atoms with E-state index in [2.05, 4.69) is 4.98 Å². The normalized spacial score (nSPS) is 10.6. The smallest absolute Gasteiger partial charge is 0.119 e. The summed E-state index contributed by atoms with van der Waals surface area (Å²) in [6, 6.07) is 7.64. The van der Waals surface area contributed by atoms with Gasteiger partial charge in [0.15, 0.2) is 0 Å². The van der Waals surface area contributed by atoms with Crippen LogP contribution in [0.25, 0.3) is 10.4 Å². The van der Waals surface area contributed by atoms with E-state index in [1.165, 1.54) is 11.3 Å². The summed E-state index contributed by atoms with van der Waals surface area (Å²) >= 11 is 7.33. The van der Waals surface area contributed by atoms with Crippen molar-refractivity contribution in [3.8, 4) is 10.4 Å². The lowest BCUT2D eigenvalue weighted by Crippen LogP contribution is -1.80. The van der Waals surface area contributed by atoms with Gasteiger partial charge in [0.2, 0.25) is 0 Å². The minimum atomic E-state index is -0.000896. The molecule has 2 nitrogen and oxygen atoms in total. The van der Waals surface area contributed by atoms with Crippen LogP contribution in [0.2, 0.25) is 5.02 Å². The number of hydrogen-bond acceptors (Lipinski definition) is 3. The summed E-state index contributed by atoms with van der Waals surface area (Å²) in [6.45, 7) is 1.94. The average Bonchev–Trinajstić information content (AvgIpc) is 2.61. The van der Waals surface area contributed by atoms with Crippen LogP contribution in [0.1, 0.15) is 10.7 Å². The van der Waals surface area contributed by atoms with Crippen LogP contribution < -0.4 is 0 Å². The van der Waals surface area contributed by atoms with Crippen LogP contribution >= 0.6 is 22.9 Å². The Balaban J connectivity index is 2.44. The first-order chi connectivity index (χ1) is 7.20. The van der Waals surface area contributed by atoms with Crippen LogP contribution in [0, 0.1) is 6.92 Å². The van der Waals surface area contributed by atoms with E-state index >= 15 is 0 Å². The molecule has 4 heteroatoms. The molecule has 2 rings (SSSR count). The summed E-state index contributed by atoms with van der Waals surface area (Å²) in [5.74, 6) is 0. The summed E-state index contributed by atoms with van der Waals surface area (Å²) in [5, 5.41) is 10.5. The quantitative estimate of drug-likeness (QED) is 0.873. The molecule has 0 amide bonds. The Kier molecular flexibility index (Phi) is 3.05. The molecule has 0 saturated heterocycles. The Morgan fingerprint density at radius 3 is 2.53 bits per heavy atom. The highest BCUT2D eigenvalue weighted by Crippen LogP contribution is 2.30. The van der Waals surface area contributed by atoms with E-state index in [4.69, 9.17) is 16.7 Å². The molecular weight excluding hydrogens is 230 g/mol. The van der Waals surface area contributed by atoms with Gasteiger partial charge in [-0.05, 0) is 24.6 Å². The lowest BCUT2D eigenvalue weighted by molar-refractivity contribution is 0.281. The van der Waals surface area contributed by atoms with Crippen molar-refractivity contribution < 1.29 is 5.11 Å². The van der Waals surface area contributed by atoms with Gasteiger partial charge in [-0.25, -0.2) is 4.98 Å². The summed E-state index contributed by atoms with van der Waals surface area (Å²) in [6.07, 6.45) is 0. The van der Waals surface area contributed by atoms with Gasteiger partial charge < -0.3 is 5.11 Å². The van der Waals surface area contributed by atoms with E-state index < -0.39 is 0 Å². The van der Waals surface area contributed by atoms with E-state index in [1.807, 2.05) is 31.2 Å². The average molecular weight is 240 g/mol. The number of aromatic nitrogens is 1. The minimum absolute atomic E-state index is 0.000896. The van der Waals surface area contributed by atoms with E-state index in [1.54, 1.807) is 0 Å². The molecule has 1 aromatic carbocycles. The third kappa shape index (κ3) is 2.20. The number of aliphatic hydroxyl groups is 1. The molecule has 0 radical (unpaired) electrons. The van der Waals surface area contributed by atoms with Gasteiger partial charge in [0.25, 0.3) is 0 Å². The molecule has 78 valence electrons. The standard InChI is InChI=1S/C11H10ClNOS/c1-7-11(15-10(6-14)13-7)8-2-4-9(12)5-3-8/h2-5,14H,6H2,1H3. The second-order valence-electron chi connectivity index (χ2n) is 3.19. The molecule has 2 aromatic rings. The van der Waals surface area contributed by atoms with Crippen molar-refractivity contribution in [3.05, 3.63) is 40.0 Å². The summed E-state index contributed by atoms with van der Waals surface area (Å²) in [7, 11) is 0. The third-order valence-corrected chi connectivity index (χ3v) is 3.53. The summed E-state index contributed by atoms with van der Waals surface area (Å²) < 4.78 is 0. The molecule has 1 aromatic heterocycles. The van der Waals surface area contributed by atoms with Crippen LogP contribution in [0.3, 0.4) is 0 Å². The van der Waals surface area contributed by atoms with E-state index in [0.717, 1.165) is 26.2 Å². The molecule has 0 aliphatic carbocycles. The number of thiazole rings is 1. The first-order valence-corrected chi connectivity index (χ1v) is 5.73. The molecule has 0 unspecified atom stereocenters.